The van der Waals surface area contributed by atoms with Gasteiger partial charge in [0.05, 0.1) is 20.1 Å². The second-order valence-electron chi connectivity index (χ2n) is 5.63. The van der Waals surface area contributed by atoms with Gasteiger partial charge in [-0.25, -0.2) is 18.1 Å². The molecule has 0 aliphatic heterocycles. The Morgan fingerprint density at radius 3 is 2.77 bits per heavy atom. The number of rotatable bonds is 8. The normalized spacial score (nSPS) is 13.6. The van der Waals surface area contributed by atoms with E-state index >= 15 is 0 Å². The second kappa shape index (κ2) is 7.53. The summed E-state index contributed by atoms with van der Waals surface area (Å²) in [4.78, 5) is 4.69. The molecule has 0 amide bonds. The number of aryl methyl sites for hydroxylation is 1. The third-order valence-electron chi connectivity index (χ3n) is 3.88. The molecule has 0 aliphatic rings. The van der Waals surface area contributed by atoms with Gasteiger partial charge < -0.3 is 0 Å². The second-order valence-corrected chi connectivity index (χ2v) is 8.63. The number of hydrogen-bond donors (Lipinski definition) is 1. The van der Waals surface area contributed by atoms with E-state index in [4.69, 9.17) is 0 Å². The summed E-state index contributed by atoms with van der Waals surface area (Å²) in [6.45, 7) is 6.71. The van der Waals surface area contributed by atoms with Gasteiger partial charge in [0.25, 0.3) is 0 Å². The molecular weight excluding hydrogens is 316 g/mol. The van der Waals surface area contributed by atoms with E-state index in [0.717, 1.165) is 40.9 Å². The quantitative estimate of drug-likeness (QED) is 0.787. The number of aromatic nitrogens is 1. The first-order valence-corrected chi connectivity index (χ1v) is 10.1. The van der Waals surface area contributed by atoms with Gasteiger partial charge in [-0.05, 0) is 37.5 Å². The average Bonchev–Trinajstić information content (AvgIpc) is 2.86. The predicted molar refractivity (Wildman–Crippen MR) is 92.9 cm³/mol. The molecule has 0 bridgehead atoms. The maximum absolute atomic E-state index is 12.4. The van der Waals surface area contributed by atoms with Crippen molar-refractivity contribution in [2.75, 3.05) is 6.54 Å². The molecule has 1 unspecified atom stereocenters. The first-order valence-electron chi connectivity index (χ1n) is 7.83. The maximum Gasteiger partial charge on any atom is 0.240 e. The Labute approximate surface area is 137 Å². The smallest absolute Gasteiger partial charge is 0.240 e. The van der Waals surface area contributed by atoms with E-state index in [2.05, 4.69) is 23.6 Å². The Morgan fingerprint density at radius 1 is 1.32 bits per heavy atom. The van der Waals surface area contributed by atoms with Crippen LogP contribution in [0.2, 0.25) is 0 Å². The zero-order chi connectivity index (χ0) is 16.2. The largest absolute Gasteiger partial charge is 0.242 e. The molecule has 1 heterocycles. The Hall–Kier alpha value is -0.980. The van der Waals surface area contributed by atoms with Crippen LogP contribution < -0.4 is 4.72 Å². The van der Waals surface area contributed by atoms with Crippen molar-refractivity contribution in [3.8, 4) is 0 Å². The molecule has 0 spiro atoms. The highest BCUT2D eigenvalue weighted by molar-refractivity contribution is 7.89. The summed E-state index contributed by atoms with van der Waals surface area (Å²) in [5.74, 6) is 0.407. The van der Waals surface area contributed by atoms with Gasteiger partial charge in [0, 0.05) is 6.54 Å². The van der Waals surface area contributed by atoms with Crippen molar-refractivity contribution in [1.82, 2.24) is 9.71 Å². The van der Waals surface area contributed by atoms with Crippen LogP contribution in [-0.2, 0) is 10.0 Å². The lowest BCUT2D eigenvalue weighted by molar-refractivity contribution is 0.444. The monoisotopic (exact) mass is 340 g/mol. The van der Waals surface area contributed by atoms with Crippen LogP contribution in [0, 0.1) is 12.8 Å². The summed E-state index contributed by atoms with van der Waals surface area (Å²) in [6.07, 6.45) is 4.36. The van der Waals surface area contributed by atoms with Crippen molar-refractivity contribution in [2.24, 2.45) is 5.92 Å². The minimum atomic E-state index is -3.44. The minimum Gasteiger partial charge on any atom is -0.242 e. The van der Waals surface area contributed by atoms with E-state index in [0.29, 0.717) is 17.4 Å². The van der Waals surface area contributed by atoms with Crippen LogP contribution in [-0.4, -0.2) is 19.9 Å². The van der Waals surface area contributed by atoms with E-state index in [1.54, 1.807) is 18.2 Å². The molecule has 0 saturated carbocycles. The molecule has 6 heteroatoms. The van der Waals surface area contributed by atoms with Gasteiger partial charge in [-0.2, -0.15) is 0 Å². The zero-order valence-corrected chi connectivity index (χ0v) is 15.1. The van der Waals surface area contributed by atoms with Crippen LogP contribution in [0.15, 0.2) is 23.1 Å². The van der Waals surface area contributed by atoms with E-state index < -0.39 is 10.0 Å². The summed E-state index contributed by atoms with van der Waals surface area (Å²) >= 11 is 1.52. The fourth-order valence-electron chi connectivity index (χ4n) is 2.44. The molecule has 0 fully saturated rings. The average molecular weight is 341 g/mol. The Bertz CT molecular complexity index is 723. The van der Waals surface area contributed by atoms with Gasteiger partial charge in [-0.3, -0.25) is 0 Å². The molecule has 0 aliphatic carbocycles. The van der Waals surface area contributed by atoms with Crippen LogP contribution in [0.5, 0.6) is 0 Å². The molecule has 1 aromatic heterocycles. The number of benzene rings is 1. The number of fused-ring (bicyclic) bond motifs is 1. The Kier molecular flexibility index (Phi) is 5.94. The highest BCUT2D eigenvalue weighted by atomic mass is 32.2. The first-order chi connectivity index (χ1) is 10.5. The van der Waals surface area contributed by atoms with Gasteiger partial charge in [-0.1, -0.05) is 33.1 Å². The van der Waals surface area contributed by atoms with Gasteiger partial charge in [0.2, 0.25) is 10.0 Å². The maximum atomic E-state index is 12.4. The topological polar surface area (TPSA) is 59.1 Å². The van der Waals surface area contributed by atoms with E-state index in [-0.39, 0.29) is 0 Å². The number of thiazole rings is 1. The van der Waals surface area contributed by atoms with Crippen molar-refractivity contribution < 1.29 is 8.42 Å². The van der Waals surface area contributed by atoms with Crippen molar-refractivity contribution in [3.05, 3.63) is 23.2 Å². The molecule has 22 heavy (non-hydrogen) atoms. The number of sulfonamides is 1. The van der Waals surface area contributed by atoms with Crippen LogP contribution in [0.1, 0.15) is 44.5 Å². The van der Waals surface area contributed by atoms with Crippen LogP contribution >= 0.6 is 11.3 Å². The molecule has 4 nitrogen and oxygen atoms in total. The molecule has 0 saturated heterocycles. The number of nitrogens with zero attached hydrogens (tertiary/aromatic N) is 1. The molecule has 122 valence electrons. The number of hydrogen-bond acceptors (Lipinski definition) is 4. The molecule has 1 N–H and O–H groups in total. The minimum absolute atomic E-state index is 0.328. The molecule has 1 atom stereocenters. The first kappa shape index (κ1) is 17.4. The molecule has 2 rings (SSSR count). The Balaban J connectivity index is 2.10. The van der Waals surface area contributed by atoms with E-state index in [9.17, 15) is 8.42 Å². The van der Waals surface area contributed by atoms with Gasteiger partial charge in [0.15, 0.2) is 0 Å². The summed E-state index contributed by atoms with van der Waals surface area (Å²) in [5, 5.41) is 0.947. The van der Waals surface area contributed by atoms with Crippen molar-refractivity contribution in [2.45, 2.75) is 51.3 Å². The lowest BCUT2D eigenvalue weighted by atomic mass is 10.00. The summed E-state index contributed by atoms with van der Waals surface area (Å²) < 4.78 is 28.6. The Morgan fingerprint density at radius 2 is 2.09 bits per heavy atom. The van der Waals surface area contributed by atoms with Crippen molar-refractivity contribution in [3.63, 3.8) is 0 Å². The van der Waals surface area contributed by atoms with Gasteiger partial charge >= 0.3 is 0 Å². The van der Waals surface area contributed by atoms with Crippen LogP contribution in [0.4, 0.5) is 0 Å². The van der Waals surface area contributed by atoms with Crippen molar-refractivity contribution in [1.29, 1.82) is 0 Å². The third-order valence-corrected chi connectivity index (χ3v) is 6.24. The fraction of sp³-hybridized carbons (Fsp3) is 0.562. The zero-order valence-electron chi connectivity index (χ0n) is 13.4. The van der Waals surface area contributed by atoms with E-state index in [1.807, 2.05) is 6.92 Å². The predicted octanol–water partition coefficient (Wildman–Crippen LogP) is 4.10. The number of unbranched alkanes of at least 4 members (excludes halogenated alkanes) is 1. The van der Waals surface area contributed by atoms with Crippen LogP contribution in [0.3, 0.4) is 0 Å². The molecule has 2 aromatic rings. The lowest BCUT2D eigenvalue weighted by Gasteiger charge is -2.15. The van der Waals surface area contributed by atoms with Gasteiger partial charge in [0.1, 0.15) is 0 Å². The summed E-state index contributed by atoms with van der Waals surface area (Å²) in [7, 11) is -3.44. The van der Waals surface area contributed by atoms with Crippen LogP contribution in [0.25, 0.3) is 10.2 Å². The standard InChI is InChI=1S/C16H24N2O2S2/c1-4-6-7-13(5-2)11-17-22(19,20)14-8-9-15-16(10-14)21-12(3)18-15/h8-10,13,17H,4-7,11H2,1-3H3. The highest BCUT2D eigenvalue weighted by Gasteiger charge is 2.17. The van der Waals surface area contributed by atoms with Crippen molar-refractivity contribution >= 4 is 31.6 Å². The highest BCUT2D eigenvalue weighted by Crippen LogP contribution is 2.24. The fourth-order valence-corrected chi connectivity index (χ4v) is 4.52. The summed E-state index contributed by atoms with van der Waals surface area (Å²) in [6, 6.07) is 5.13. The molecular formula is C16H24N2O2S2. The van der Waals surface area contributed by atoms with Gasteiger partial charge in [-0.15, -0.1) is 11.3 Å². The number of nitrogens with one attached hydrogen (secondary N) is 1. The van der Waals surface area contributed by atoms with E-state index in [1.165, 1.54) is 11.3 Å². The SMILES string of the molecule is CCCCC(CC)CNS(=O)(=O)c1ccc2nc(C)sc2c1. The third kappa shape index (κ3) is 4.27. The molecule has 1 aromatic carbocycles. The molecule has 0 radical (unpaired) electrons. The lowest BCUT2D eigenvalue weighted by Crippen LogP contribution is -2.29. The summed E-state index contributed by atoms with van der Waals surface area (Å²) in [5.41, 5.74) is 0.857.